The summed E-state index contributed by atoms with van der Waals surface area (Å²) in [5.41, 5.74) is 1.98. The largest absolute Gasteiger partial charge is 0.496 e. The minimum atomic E-state index is -0.455. The smallest absolute Gasteiger partial charge is 0.224 e. The van der Waals surface area contributed by atoms with E-state index in [4.69, 9.17) is 4.74 Å². The van der Waals surface area contributed by atoms with Crippen LogP contribution in [0.4, 0.5) is 0 Å². The standard InChI is InChI=1S/C19H26N2O2/c1-4-15-5-6-18(23-3)17(11-15)16(13-20)12-19(22)21-9-7-14(2)8-10-21/h5-6,11,14,16H,4,7-10,12H2,1-3H3. The van der Waals surface area contributed by atoms with Crippen molar-refractivity contribution in [3.63, 3.8) is 0 Å². The van der Waals surface area contributed by atoms with Gasteiger partial charge in [0.1, 0.15) is 5.75 Å². The van der Waals surface area contributed by atoms with Crippen LogP contribution in [0.25, 0.3) is 0 Å². The molecule has 0 saturated carbocycles. The third kappa shape index (κ3) is 4.25. The highest BCUT2D eigenvalue weighted by atomic mass is 16.5. The molecule has 1 aliphatic heterocycles. The lowest BCUT2D eigenvalue weighted by molar-refractivity contribution is -0.132. The van der Waals surface area contributed by atoms with Crippen molar-refractivity contribution < 1.29 is 9.53 Å². The molecule has 124 valence electrons. The summed E-state index contributed by atoms with van der Waals surface area (Å²) in [5.74, 6) is 0.997. The molecular formula is C19H26N2O2. The van der Waals surface area contributed by atoms with Crippen LogP contribution in [0.5, 0.6) is 5.75 Å². The second-order valence-electron chi connectivity index (χ2n) is 6.38. The van der Waals surface area contributed by atoms with Crippen LogP contribution in [-0.2, 0) is 11.2 Å². The minimum absolute atomic E-state index is 0.0763. The topological polar surface area (TPSA) is 53.3 Å². The normalized spacial score (nSPS) is 16.7. The maximum Gasteiger partial charge on any atom is 0.224 e. The number of nitrogens with zero attached hydrogens (tertiary/aromatic N) is 2. The third-order valence-electron chi connectivity index (χ3n) is 4.75. The van der Waals surface area contributed by atoms with Gasteiger partial charge in [0.2, 0.25) is 5.91 Å². The van der Waals surface area contributed by atoms with Gasteiger partial charge in [-0.15, -0.1) is 0 Å². The Kier molecular flexibility index (Phi) is 6.04. The summed E-state index contributed by atoms with van der Waals surface area (Å²) in [7, 11) is 1.60. The van der Waals surface area contributed by atoms with Gasteiger partial charge in [-0.3, -0.25) is 4.79 Å². The predicted molar refractivity (Wildman–Crippen MR) is 90.3 cm³/mol. The lowest BCUT2D eigenvalue weighted by atomic mass is 9.92. The predicted octanol–water partition coefficient (Wildman–Crippen LogP) is 3.51. The van der Waals surface area contributed by atoms with Crippen molar-refractivity contribution in [2.24, 2.45) is 5.92 Å². The molecule has 1 aromatic carbocycles. The van der Waals surface area contributed by atoms with Gasteiger partial charge >= 0.3 is 0 Å². The number of benzene rings is 1. The Hall–Kier alpha value is -2.02. The Labute approximate surface area is 139 Å². The van der Waals surface area contributed by atoms with E-state index >= 15 is 0 Å². The maximum atomic E-state index is 12.5. The van der Waals surface area contributed by atoms with Gasteiger partial charge in [0, 0.05) is 25.1 Å². The molecule has 0 aliphatic carbocycles. The Morgan fingerprint density at radius 2 is 2.13 bits per heavy atom. The minimum Gasteiger partial charge on any atom is -0.496 e. The maximum absolute atomic E-state index is 12.5. The van der Waals surface area contributed by atoms with E-state index in [1.54, 1.807) is 7.11 Å². The molecule has 23 heavy (non-hydrogen) atoms. The van der Waals surface area contributed by atoms with E-state index in [1.165, 1.54) is 0 Å². The van der Waals surface area contributed by atoms with Gasteiger partial charge < -0.3 is 9.64 Å². The zero-order valence-corrected chi connectivity index (χ0v) is 14.3. The van der Waals surface area contributed by atoms with Crippen molar-refractivity contribution in [1.82, 2.24) is 4.90 Å². The summed E-state index contributed by atoms with van der Waals surface area (Å²) < 4.78 is 5.39. The van der Waals surface area contributed by atoms with Crippen LogP contribution in [0.15, 0.2) is 18.2 Å². The van der Waals surface area contributed by atoms with Crippen molar-refractivity contribution in [1.29, 1.82) is 5.26 Å². The first-order chi connectivity index (χ1) is 11.1. The van der Waals surface area contributed by atoms with E-state index in [0.717, 1.165) is 43.5 Å². The summed E-state index contributed by atoms with van der Waals surface area (Å²) in [6.07, 6.45) is 3.23. The van der Waals surface area contributed by atoms with E-state index < -0.39 is 5.92 Å². The summed E-state index contributed by atoms with van der Waals surface area (Å²) in [6.45, 7) is 5.92. The fourth-order valence-corrected chi connectivity index (χ4v) is 3.06. The molecule has 4 heteroatoms. The number of rotatable bonds is 5. The molecule has 1 aliphatic rings. The van der Waals surface area contributed by atoms with Gasteiger partial charge in [-0.2, -0.15) is 5.26 Å². The molecule has 4 nitrogen and oxygen atoms in total. The van der Waals surface area contributed by atoms with Crippen molar-refractivity contribution in [2.75, 3.05) is 20.2 Å². The Balaban J connectivity index is 2.14. The van der Waals surface area contributed by atoms with Crippen molar-refractivity contribution in [3.8, 4) is 11.8 Å². The molecule has 1 fully saturated rings. The SMILES string of the molecule is CCc1ccc(OC)c(C(C#N)CC(=O)N2CCC(C)CC2)c1. The number of ether oxygens (including phenoxy) is 1. The van der Waals surface area contributed by atoms with Crippen LogP contribution < -0.4 is 4.74 Å². The first-order valence-electron chi connectivity index (χ1n) is 8.43. The van der Waals surface area contributed by atoms with Gasteiger partial charge in [0.15, 0.2) is 0 Å². The number of aryl methyl sites for hydroxylation is 1. The van der Waals surface area contributed by atoms with Crippen LogP contribution in [-0.4, -0.2) is 31.0 Å². The molecule has 0 spiro atoms. The lowest BCUT2D eigenvalue weighted by Gasteiger charge is -2.31. The van der Waals surface area contributed by atoms with Crippen LogP contribution in [0, 0.1) is 17.2 Å². The summed E-state index contributed by atoms with van der Waals surface area (Å²) in [6, 6.07) is 8.19. The average molecular weight is 314 g/mol. The van der Waals surface area contributed by atoms with E-state index in [2.05, 4.69) is 19.9 Å². The number of piperidine rings is 1. The van der Waals surface area contributed by atoms with E-state index in [9.17, 15) is 10.1 Å². The number of carbonyl (C=O) groups is 1. The molecule has 0 N–H and O–H groups in total. The molecule has 0 radical (unpaired) electrons. The van der Waals surface area contributed by atoms with E-state index in [-0.39, 0.29) is 12.3 Å². The highest BCUT2D eigenvalue weighted by Crippen LogP contribution is 2.31. The molecule has 1 amide bonds. The Morgan fingerprint density at radius 1 is 1.43 bits per heavy atom. The van der Waals surface area contributed by atoms with Crippen molar-refractivity contribution in [3.05, 3.63) is 29.3 Å². The zero-order valence-electron chi connectivity index (χ0n) is 14.3. The van der Waals surface area contributed by atoms with Gasteiger partial charge in [-0.1, -0.05) is 26.0 Å². The molecule has 2 rings (SSSR count). The Bertz CT molecular complexity index is 584. The quantitative estimate of drug-likeness (QED) is 0.835. The van der Waals surface area contributed by atoms with Crippen LogP contribution in [0.1, 0.15) is 50.2 Å². The molecule has 1 aromatic rings. The first kappa shape index (κ1) is 17.3. The molecule has 0 aromatic heterocycles. The number of hydrogen-bond donors (Lipinski definition) is 0. The number of amides is 1. The van der Waals surface area contributed by atoms with E-state index in [0.29, 0.717) is 11.7 Å². The number of carbonyl (C=O) groups excluding carboxylic acids is 1. The van der Waals surface area contributed by atoms with Crippen LogP contribution in [0.2, 0.25) is 0 Å². The number of hydrogen-bond acceptors (Lipinski definition) is 3. The van der Waals surface area contributed by atoms with Crippen molar-refractivity contribution in [2.45, 2.75) is 45.4 Å². The van der Waals surface area contributed by atoms with Gasteiger partial charge in [0.25, 0.3) is 0 Å². The average Bonchev–Trinajstić information content (AvgIpc) is 2.59. The summed E-state index contributed by atoms with van der Waals surface area (Å²) in [5, 5.41) is 9.58. The summed E-state index contributed by atoms with van der Waals surface area (Å²) >= 11 is 0. The number of methoxy groups -OCH3 is 1. The van der Waals surface area contributed by atoms with Gasteiger partial charge in [-0.05, 0) is 36.8 Å². The Morgan fingerprint density at radius 3 is 2.70 bits per heavy atom. The lowest BCUT2D eigenvalue weighted by Crippen LogP contribution is -2.38. The van der Waals surface area contributed by atoms with Crippen molar-refractivity contribution >= 4 is 5.91 Å². The molecule has 1 heterocycles. The third-order valence-corrected chi connectivity index (χ3v) is 4.75. The fourth-order valence-electron chi connectivity index (χ4n) is 3.06. The highest BCUT2D eigenvalue weighted by molar-refractivity contribution is 5.78. The molecular weight excluding hydrogens is 288 g/mol. The molecule has 1 unspecified atom stereocenters. The second kappa shape index (κ2) is 8.01. The van der Waals surface area contributed by atoms with E-state index in [1.807, 2.05) is 23.1 Å². The molecule has 0 bridgehead atoms. The monoisotopic (exact) mass is 314 g/mol. The number of likely N-dealkylation sites (tertiary alicyclic amines) is 1. The van der Waals surface area contributed by atoms with Gasteiger partial charge in [-0.25, -0.2) is 0 Å². The second-order valence-corrected chi connectivity index (χ2v) is 6.38. The fraction of sp³-hybridized carbons (Fsp3) is 0.579. The number of nitriles is 1. The molecule has 1 atom stereocenters. The molecule has 1 saturated heterocycles. The summed E-state index contributed by atoms with van der Waals surface area (Å²) in [4.78, 5) is 14.4. The van der Waals surface area contributed by atoms with Crippen LogP contribution >= 0.6 is 0 Å². The first-order valence-corrected chi connectivity index (χ1v) is 8.43. The van der Waals surface area contributed by atoms with Gasteiger partial charge in [0.05, 0.1) is 19.1 Å². The van der Waals surface area contributed by atoms with Crippen LogP contribution in [0.3, 0.4) is 0 Å². The zero-order chi connectivity index (χ0) is 16.8. The highest BCUT2D eigenvalue weighted by Gasteiger charge is 2.25.